The fourth-order valence-electron chi connectivity index (χ4n) is 1.90. The lowest BCUT2D eigenvalue weighted by molar-refractivity contribution is 0.188. The molecule has 14 heavy (non-hydrogen) atoms. The van der Waals surface area contributed by atoms with E-state index >= 15 is 0 Å². The van der Waals surface area contributed by atoms with Crippen LogP contribution >= 0.6 is 0 Å². The Bertz CT molecular complexity index is 124. The van der Waals surface area contributed by atoms with Crippen molar-refractivity contribution >= 4 is 0 Å². The van der Waals surface area contributed by atoms with Crippen LogP contribution in [-0.4, -0.2) is 37.6 Å². The van der Waals surface area contributed by atoms with Crippen LogP contribution in [0, 0.1) is 5.92 Å². The van der Waals surface area contributed by atoms with E-state index < -0.39 is 0 Å². The van der Waals surface area contributed by atoms with Crippen LogP contribution in [0.25, 0.3) is 0 Å². The third-order valence-corrected chi connectivity index (χ3v) is 3.04. The highest BCUT2D eigenvalue weighted by atomic mass is 15.1. The van der Waals surface area contributed by atoms with Crippen LogP contribution in [0.5, 0.6) is 0 Å². The molecular formula is C12H26N2. The summed E-state index contributed by atoms with van der Waals surface area (Å²) in [5, 5.41) is 3.35. The Labute approximate surface area is 89.1 Å². The molecule has 84 valence electrons. The summed E-state index contributed by atoms with van der Waals surface area (Å²) in [6.45, 7) is 11.0. The summed E-state index contributed by atoms with van der Waals surface area (Å²) in [7, 11) is 0. The van der Waals surface area contributed by atoms with Gasteiger partial charge in [0, 0.05) is 19.6 Å². The predicted molar refractivity (Wildman–Crippen MR) is 62.6 cm³/mol. The van der Waals surface area contributed by atoms with Crippen LogP contribution in [0.4, 0.5) is 0 Å². The summed E-state index contributed by atoms with van der Waals surface area (Å²) in [6, 6.07) is 0. The van der Waals surface area contributed by atoms with Gasteiger partial charge >= 0.3 is 0 Å². The largest absolute Gasteiger partial charge is 0.316 e. The van der Waals surface area contributed by atoms with Crippen molar-refractivity contribution < 1.29 is 0 Å². The van der Waals surface area contributed by atoms with Crippen molar-refractivity contribution in [1.82, 2.24) is 10.2 Å². The van der Waals surface area contributed by atoms with Crippen LogP contribution in [0.15, 0.2) is 0 Å². The monoisotopic (exact) mass is 198 g/mol. The maximum Gasteiger partial charge on any atom is 0.00340 e. The average Bonchev–Trinajstić information content (AvgIpc) is 2.14. The fourth-order valence-corrected chi connectivity index (χ4v) is 1.90. The lowest BCUT2D eigenvalue weighted by atomic mass is 10.0. The van der Waals surface area contributed by atoms with Gasteiger partial charge in [-0.3, -0.25) is 0 Å². The molecule has 1 aliphatic rings. The van der Waals surface area contributed by atoms with Gasteiger partial charge in [-0.15, -0.1) is 0 Å². The molecule has 0 bridgehead atoms. The molecule has 2 heteroatoms. The molecular weight excluding hydrogens is 172 g/mol. The predicted octanol–water partition coefficient (Wildman–Crippen LogP) is 2.11. The first-order chi connectivity index (χ1) is 6.86. The summed E-state index contributed by atoms with van der Waals surface area (Å²) in [5.41, 5.74) is 0. The second kappa shape index (κ2) is 7.24. The van der Waals surface area contributed by atoms with Gasteiger partial charge in [-0.1, -0.05) is 26.7 Å². The number of unbranched alkanes of at least 4 members (excludes halogenated alkanes) is 2. The van der Waals surface area contributed by atoms with Crippen molar-refractivity contribution in [2.45, 2.75) is 39.5 Å². The molecule has 0 saturated carbocycles. The Kier molecular flexibility index (Phi) is 6.20. The summed E-state index contributed by atoms with van der Waals surface area (Å²) in [5.74, 6) is 0.934. The van der Waals surface area contributed by atoms with E-state index in [4.69, 9.17) is 0 Å². The zero-order chi connectivity index (χ0) is 10.2. The molecule has 1 rings (SSSR count). The van der Waals surface area contributed by atoms with Gasteiger partial charge in [0.2, 0.25) is 0 Å². The molecule has 1 fully saturated rings. The maximum atomic E-state index is 3.35. The number of rotatable bonds is 8. The summed E-state index contributed by atoms with van der Waals surface area (Å²) < 4.78 is 0. The van der Waals surface area contributed by atoms with Crippen molar-refractivity contribution in [3.8, 4) is 0 Å². The molecule has 0 aliphatic carbocycles. The smallest absolute Gasteiger partial charge is 0.00340 e. The summed E-state index contributed by atoms with van der Waals surface area (Å²) in [4.78, 5) is 2.67. The van der Waals surface area contributed by atoms with Crippen molar-refractivity contribution in [3.63, 3.8) is 0 Å². The second-order valence-corrected chi connectivity index (χ2v) is 4.53. The van der Waals surface area contributed by atoms with Crippen molar-refractivity contribution in [3.05, 3.63) is 0 Å². The zero-order valence-corrected chi connectivity index (χ0v) is 9.89. The molecule has 0 aromatic carbocycles. The minimum absolute atomic E-state index is 0.934. The Hall–Kier alpha value is -0.0800. The van der Waals surface area contributed by atoms with Crippen LogP contribution in [0.2, 0.25) is 0 Å². The first kappa shape index (κ1) is 12.0. The molecule has 0 aromatic heterocycles. The molecule has 0 aromatic rings. The minimum Gasteiger partial charge on any atom is -0.316 e. The van der Waals surface area contributed by atoms with Gasteiger partial charge < -0.3 is 10.2 Å². The van der Waals surface area contributed by atoms with Gasteiger partial charge in [-0.05, 0) is 31.8 Å². The third kappa shape index (κ3) is 4.43. The Balaban J connectivity index is 2.12. The van der Waals surface area contributed by atoms with Crippen LogP contribution < -0.4 is 5.32 Å². The quantitative estimate of drug-likeness (QED) is 0.642. The van der Waals surface area contributed by atoms with E-state index in [-0.39, 0.29) is 0 Å². The Morgan fingerprint density at radius 3 is 2.00 bits per heavy atom. The molecule has 0 radical (unpaired) electrons. The lowest BCUT2D eigenvalue weighted by Crippen LogP contribution is -2.48. The molecule has 1 N–H and O–H groups in total. The number of nitrogens with zero attached hydrogens (tertiary/aromatic N) is 1. The standard InChI is InChI=1S/C12H26N2/c1-3-5-7-14(8-6-4-2)11-12-9-13-10-12/h12-13H,3-11H2,1-2H3. The molecule has 2 nitrogen and oxygen atoms in total. The third-order valence-electron chi connectivity index (χ3n) is 3.04. The summed E-state index contributed by atoms with van der Waals surface area (Å²) >= 11 is 0. The highest BCUT2D eigenvalue weighted by Crippen LogP contribution is 2.08. The van der Waals surface area contributed by atoms with Crippen LogP contribution in [0.1, 0.15) is 39.5 Å². The van der Waals surface area contributed by atoms with Crippen LogP contribution in [0.3, 0.4) is 0 Å². The number of nitrogens with one attached hydrogen (secondary N) is 1. The molecule has 0 spiro atoms. The molecule has 1 heterocycles. The molecule has 0 amide bonds. The molecule has 0 unspecified atom stereocenters. The highest BCUT2D eigenvalue weighted by molar-refractivity contribution is 4.78. The van der Waals surface area contributed by atoms with Gasteiger partial charge in [0.25, 0.3) is 0 Å². The van der Waals surface area contributed by atoms with Crippen LogP contribution in [-0.2, 0) is 0 Å². The summed E-state index contributed by atoms with van der Waals surface area (Å²) in [6.07, 6.45) is 5.38. The van der Waals surface area contributed by atoms with Crippen molar-refractivity contribution in [1.29, 1.82) is 0 Å². The van der Waals surface area contributed by atoms with Crippen molar-refractivity contribution in [2.75, 3.05) is 32.7 Å². The topological polar surface area (TPSA) is 15.3 Å². The number of hydrogen-bond donors (Lipinski definition) is 1. The maximum absolute atomic E-state index is 3.35. The van der Waals surface area contributed by atoms with Gasteiger partial charge in [0.1, 0.15) is 0 Å². The first-order valence-electron chi connectivity index (χ1n) is 6.29. The molecule has 0 atom stereocenters. The fraction of sp³-hybridized carbons (Fsp3) is 1.00. The van der Waals surface area contributed by atoms with E-state index in [1.165, 1.54) is 58.4 Å². The molecule has 1 saturated heterocycles. The normalized spacial score (nSPS) is 17.4. The first-order valence-corrected chi connectivity index (χ1v) is 6.29. The number of hydrogen-bond acceptors (Lipinski definition) is 2. The SMILES string of the molecule is CCCCN(CCCC)CC1CNC1. The lowest BCUT2D eigenvalue weighted by Gasteiger charge is -2.33. The van der Waals surface area contributed by atoms with E-state index in [0.717, 1.165) is 5.92 Å². The zero-order valence-electron chi connectivity index (χ0n) is 9.89. The Morgan fingerprint density at radius 1 is 1.07 bits per heavy atom. The Morgan fingerprint density at radius 2 is 1.64 bits per heavy atom. The van der Waals surface area contributed by atoms with Gasteiger partial charge in [0.05, 0.1) is 0 Å². The van der Waals surface area contributed by atoms with E-state index in [0.29, 0.717) is 0 Å². The van der Waals surface area contributed by atoms with Crippen molar-refractivity contribution in [2.24, 2.45) is 5.92 Å². The van der Waals surface area contributed by atoms with Gasteiger partial charge in [0.15, 0.2) is 0 Å². The van der Waals surface area contributed by atoms with E-state index in [1.54, 1.807) is 0 Å². The molecule has 1 aliphatic heterocycles. The van der Waals surface area contributed by atoms with Gasteiger partial charge in [-0.2, -0.15) is 0 Å². The minimum atomic E-state index is 0.934. The van der Waals surface area contributed by atoms with E-state index in [9.17, 15) is 0 Å². The van der Waals surface area contributed by atoms with E-state index in [1.807, 2.05) is 0 Å². The highest BCUT2D eigenvalue weighted by Gasteiger charge is 2.19. The van der Waals surface area contributed by atoms with Gasteiger partial charge in [-0.25, -0.2) is 0 Å². The van der Waals surface area contributed by atoms with E-state index in [2.05, 4.69) is 24.1 Å². The second-order valence-electron chi connectivity index (χ2n) is 4.53. The average molecular weight is 198 g/mol.